The van der Waals surface area contributed by atoms with E-state index in [1.54, 1.807) is 37.3 Å². The van der Waals surface area contributed by atoms with Gasteiger partial charge in [-0.3, -0.25) is 4.79 Å². The molecule has 2 N–H and O–H groups in total. The lowest BCUT2D eigenvalue weighted by atomic mass is 10.2. The first kappa shape index (κ1) is 21.1. The van der Waals surface area contributed by atoms with Crippen LogP contribution in [-0.2, 0) is 9.59 Å². The molecule has 2 aromatic carbocycles. The molecule has 28 heavy (non-hydrogen) atoms. The van der Waals surface area contributed by atoms with Crippen molar-refractivity contribution in [2.75, 3.05) is 25.1 Å². The topological polar surface area (TPSA) is 94.1 Å². The molecular formula is C21H25NO6. The molecule has 0 atom stereocenters. The van der Waals surface area contributed by atoms with Crippen molar-refractivity contribution in [1.82, 2.24) is 0 Å². The van der Waals surface area contributed by atoms with E-state index in [-0.39, 0.29) is 12.5 Å². The van der Waals surface area contributed by atoms with Gasteiger partial charge in [-0.2, -0.15) is 0 Å². The third kappa shape index (κ3) is 7.19. The van der Waals surface area contributed by atoms with E-state index >= 15 is 0 Å². The molecule has 0 fully saturated rings. The Morgan fingerprint density at radius 2 is 1.61 bits per heavy atom. The van der Waals surface area contributed by atoms with Gasteiger partial charge < -0.3 is 24.6 Å². The van der Waals surface area contributed by atoms with Gasteiger partial charge >= 0.3 is 5.97 Å². The van der Waals surface area contributed by atoms with Crippen LogP contribution in [0.25, 0.3) is 0 Å². The van der Waals surface area contributed by atoms with E-state index < -0.39 is 12.6 Å². The minimum absolute atomic E-state index is 0.148. The summed E-state index contributed by atoms with van der Waals surface area (Å²) in [5.74, 6) is 0.721. The normalized spacial score (nSPS) is 10.4. The van der Waals surface area contributed by atoms with Crippen molar-refractivity contribution in [3.05, 3.63) is 48.0 Å². The average Bonchev–Trinajstić information content (AvgIpc) is 2.65. The molecule has 0 bridgehead atoms. The minimum atomic E-state index is -1.05. The first-order chi connectivity index (χ1) is 13.3. The molecule has 0 saturated heterocycles. The van der Waals surface area contributed by atoms with Crippen molar-refractivity contribution in [2.24, 2.45) is 5.92 Å². The van der Waals surface area contributed by atoms with Crippen molar-refractivity contribution in [3.8, 4) is 17.2 Å². The molecular weight excluding hydrogens is 362 g/mol. The fourth-order valence-electron chi connectivity index (χ4n) is 2.26. The highest BCUT2D eigenvalue weighted by atomic mass is 16.5. The zero-order chi connectivity index (χ0) is 20.5. The molecule has 0 aliphatic carbocycles. The Hall–Kier alpha value is -3.22. The van der Waals surface area contributed by atoms with Crippen LogP contribution >= 0.6 is 0 Å². The van der Waals surface area contributed by atoms with Gasteiger partial charge in [0.1, 0.15) is 17.2 Å². The van der Waals surface area contributed by atoms with Crippen molar-refractivity contribution in [3.63, 3.8) is 0 Å². The summed E-state index contributed by atoms with van der Waals surface area (Å²) in [4.78, 5) is 22.7. The van der Waals surface area contributed by atoms with Crippen LogP contribution in [0.5, 0.6) is 17.2 Å². The maximum absolute atomic E-state index is 12.2. The van der Waals surface area contributed by atoms with Crippen molar-refractivity contribution >= 4 is 17.6 Å². The third-order valence-electron chi connectivity index (χ3n) is 3.59. The molecule has 150 valence electrons. The monoisotopic (exact) mass is 387 g/mol. The molecule has 0 saturated carbocycles. The molecule has 7 nitrogen and oxygen atoms in total. The number of hydrogen-bond acceptors (Lipinski definition) is 5. The Kier molecular flexibility index (Phi) is 7.68. The Bertz CT molecular complexity index is 818. The fraction of sp³-hybridized carbons (Fsp3) is 0.333. The Labute approximate surface area is 164 Å². The molecule has 0 aliphatic heterocycles. The van der Waals surface area contributed by atoms with E-state index in [9.17, 15) is 9.59 Å². The zero-order valence-corrected chi connectivity index (χ0v) is 16.2. The number of carbonyl (C=O) groups is 2. The summed E-state index contributed by atoms with van der Waals surface area (Å²) in [6.07, 6.45) is 0. The number of aryl methyl sites for hydroxylation is 1. The molecule has 0 spiro atoms. The summed E-state index contributed by atoms with van der Waals surface area (Å²) >= 11 is 0. The molecule has 1 amide bonds. The molecule has 2 aromatic rings. The summed E-state index contributed by atoms with van der Waals surface area (Å²) in [6.45, 7) is 5.97. The van der Waals surface area contributed by atoms with Gasteiger partial charge in [0.2, 0.25) is 0 Å². The van der Waals surface area contributed by atoms with Crippen LogP contribution in [0, 0.1) is 12.8 Å². The number of ether oxygens (including phenoxy) is 3. The lowest BCUT2D eigenvalue weighted by molar-refractivity contribution is -0.139. The van der Waals surface area contributed by atoms with Gasteiger partial charge in [-0.1, -0.05) is 19.9 Å². The number of hydrogen-bond donors (Lipinski definition) is 2. The van der Waals surface area contributed by atoms with Gasteiger partial charge in [0, 0.05) is 11.8 Å². The first-order valence-corrected chi connectivity index (χ1v) is 8.94. The minimum Gasteiger partial charge on any atom is -0.493 e. The van der Waals surface area contributed by atoms with Crippen LogP contribution in [0.1, 0.15) is 19.4 Å². The van der Waals surface area contributed by atoms with E-state index in [1.165, 1.54) is 0 Å². The number of anilines is 1. The van der Waals surface area contributed by atoms with Crippen LogP contribution in [0.15, 0.2) is 42.5 Å². The second-order valence-corrected chi connectivity index (χ2v) is 6.68. The molecule has 7 heteroatoms. The smallest absolute Gasteiger partial charge is 0.341 e. The van der Waals surface area contributed by atoms with E-state index in [0.29, 0.717) is 35.5 Å². The zero-order valence-electron chi connectivity index (χ0n) is 16.2. The summed E-state index contributed by atoms with van der Waals surface area (Å²) in [5, 5.41) is 11.4. The van der Waals surface area contributed by atoms with Crippen LogP contribution in [0.3, 0.4) is 0 Å². The number of amides is 1. The van der Waals surface area contributed by atoms with E-state index in [0.717, 1.165) is 5.56 Å². The van der Waals surface area contributed by atoms with Gasteiger partial charge in [0.25, 0.3) is 5.91 Å². The van der Waals surface area contributed by atoms with E-state index in [2.05, 4.69) is 19.2 Å². The Morgan fingerprint density at radius 1 is 0.964 bits per heavy atom. The van der Waals surface area contributed by atoms with Gasteiger partial charge in [-0.15, -0.1) is 0 Å². The average molecular weight is 387 g/mol. The number of nitrogens with one attached hydrogen (secondary N) is 1. The third-order valence-corrected chi connectivity index (χ3v) is 3.59. The standard InChI is InChI=1S/C21H25NO6/c1-14(2)11-26-16-5-4-6-17(10-16)27-12-20(23)22-19-8-7-18(9-15(19)3)28-13-21(24)25/h4-10,14H,11-13H2,1-3H3,(H,22,23)(H,24,25). The second kappa shape index (κ2) is 10.2. The predicted octanol–water partition coefficient (Wildman–Crippen LogP) is 3.51. The summed E-state index contributed by atoms with van der Waals surface area (Å²) in [6, 6.07) is 12.1. The maximum Gasteiger partial charge on any atom is 0.341 e. The molecule has 0 radical (unpaired) electrons. The predicted molar refractivity (Wildman–Crippen MR) is 105 cm³/mol. The molecule has 2 rings (SSSR count). The molecule has 0 aliphatic rings. The van der Waals surface area contributed by atoms with Crippen molar-refractivity contribution < 1.29 is 28.9 Å². The van der Waals surface area contributed by atoms with Gasteiger partial charge in [0.15, 0.2) is 13.2 Å². The van der Waals surface area contributed by atoms with Gasteiger partial charge in [-0.25, -0.2) is 4.79 Å². The van der Waals surface area contributed by atoms with E-state index in [1.807, 2.05) is 12.1 Å². The summed E-state index contributed by atoms with van der Waals surface area (Å²) in [7, 11) is 0. The molecule has 0 unspecified atom stereocenters. The van der Waals surface area contributed by atoms with Crippen LogP contribution in [0.4, 0.5) is 5.69 Å². The number of carboxylic acid groups (broad SMARTS) is 1. The lowest BCUT2D eigenvalue weighted by Crippen LogP contribution is -2.20. The summed E-state index contributed by atoms with van der Waals surface area (Å²) < 4.78 is 16.3. The first-order valence-electron chi connectivity index (χ1n) is 8.94. The molecule has 0 aromatic heterocycles. The largest absolute Gasteiger partial charge is 0.493 e. The highest BCUT2D eigenvalue weighted by Crippen LogP contribution is 2.22. The van der Waals surface area contributed by atoms with Gasteiger partial charge in [-0.05, 0) is 48.7 Å². The SMILES string of the molecule is Cc1cc(OCC(=O)O)ccc1NC(=O)COc1cccc(OCC(C)C)c1. The summed E-state index contributed by atoms with van der Waals surface area (Å²) in [5.41, 5.74) is 1.35. The van der Waals surface area contributed by atoms with Gasteiger partial charge in [0.05, 0.1) is 6.61 Å². The Balaban J connectivity index is 1.87. The molecule has 0 heterocycles. The van der Waals surface area contributed by atoms with Crippen LogP contribution in [0.2, 0.25) is 0 Å². The van der Waals surface area contributed by atoms with Crippen LogP contribution in [-0.4, -0.2) is 36.8 Å². The quantitative estimate of drug-likeness (QED) is 0.648. The maximum atomic E-state index is 12.2. The fourth-order valence-corrected chi connectivity index (χ4v) is 2.26. The number of rotatable bonds is 10. The Morgan fingerprint density at radius 3 is 2.25 bits per heavy atom. The van der Waals surface area contributed by atoms with Crippen LogP contribution < -0.4 is 19.5 Å². The number of benzene rings is 2. The number of carboxylic acids is 1. The van der Waals surface area contributed by atoms with Crippen molar-refractivity contribution in [2.45, 2.75) is 20.8 Å². The van der Waals surface area contributed by atoms with E-state index in [4.69, 9.17) is 19.3 Å². The number of carbonyl (C=O) groups excluding carboxylic acids is 1. The lowest BCUT2D eigenvalue weighted by Gasteiger charge is -2.12. The highest BCUT2D eigenvalue weighted by molar-refractivity contribution is 5.92. The van der Waals surface area contributed by atoms with Crippen molar-refractivity contribution in [1.29, 1.82) is 0 Å². The second-order valence-electron chi connectivity index (χ2n) is 6.68. The number of aliphatic carboxylic acids is 1. The highest BCUT2D eigenvalue weighted by Gasteiger charge is 2.08.